The van der Waals surface area contributed by atoms with Crippen LogP contribution in [0.5, 0.6) is 5.75 Å². The molecule has 0 radical (unpaired) electrons. The predicted molar refractivity (Wildman–Crippen MR) is 52.0 cm³/mol. The Morgan fingerprint density at radius 2 is 2.14 bits per heavy atom. The van der Waals surface area contributed by atoms with Crippen molar-refractivity contribution < 1.29 is 9.13 Å². The lowest BCUT2D eigenvalue weighted by molar-refractivity contribution is 0.311. The molecule has 2 rings (SSSR count). The molecule has 1 aliphatic heterocycles. The Balaban J connectivity index is 2.08. The zero-order chi connectivity index (χ0) is 9.97. The molecule has 4 heteroatoms. The third-order valence-corrected chi connectivity index (χ3v) is 1.95. The van der Waals surface area contributed by atoms with Crippen LogP contribution in [0.4, 0.5) is 4.39 Å². The Morgan fingerprint density at radius 3 is 2.71 bits per heavy atom. The van der Waals surface area contributed by atoms with Crippen molar-refractivity contribution in [3.8, 4) is 5.75 Å². The van der Waals surface area contributed by atoms with Gasteiger partial charge in [0.05, 0.1) is 6.54 Å². The minimum atomic E-state index is -1.17. The maximum Gasteiger partial charge on any atom is 0.295 e. The summed E-state index contributed by atoms with van der Waals surface area (Å²) in [6.45, 7) is 0.266. The van der Waals surface area contributed by atoms with Gasteiger partial charge in [0, 0.05) is 7.05 Å². The Labute approximate surface area is 81.8 Å². The van der Waals surface area contributed by atoms with E-state index in [4.69, 9.17) is 4.74 Å². The van der Waals surface area contributed by atoms with Gasteiger partial charge in [-0.1, -0.05) is 18.2 Å². The Morgan fingerprint density at radius 1 is 1.43 bits per heavy atom. The standard InChI is InChI=1S/C10H11FN2O/c1-13-7-9(11)12-10(13)14-8-5-3-2-4-6-8/h2-6,9H,7H2,1H3. The van der Waals surface area contributed by atoms with E-state index in [1.165, 1.54) is 0 Å². The van der Waals surface area contributed by atoms with Crippen molar-refractivity contribution in [2.24, 2.45) is 4.99 Å². The molecule has 1 heterocycles. The summed E-state index contributed by atoms with van der Waals surface area (Å²) < 4.78 is 18.2. The molecule has 0 bridgehead atoms. The van der Waals surface area contributed by atoms with Gasteiger partial charge in [0.15, 0.2) is 0 Å². The highest BCUT2D eigenvalue weighted by Crippen LogP contribution is 2.14. The zero-order valence-electron chi connectivity index (χ0n) is 7.85. The number of para-hydroxylation sites is 1. The molecule has 0 aromatic heterocycles. The van der Waals surface area contributed by atoms with Crippen LogP contribution in [0.25, 0.3) is 0 Å². The summed E-state index contributed by atoms with van der Waals surface area (Å²) in [5.74, 6) is 0.673. The number of rotatable bonds is 1. The molecule has 1 aromatic rings. The molecular formula is C10H11FN2O. The van der Waals surface area contributed by atoms with Crippen molar-refractivity contribution in [3.05, 3.63) is 30.3 Å². The monoisotopic (exact) mass is 194 g/mol. The van der Waals surface area contributed by atoms with E-state index in [2.05, 4.69) is 4.99 Å². The molecule has 0 amide bonds. The van der Waals surface area contributed by atoms with Crippen molar-refractivity contribution in [2.45, 2.75) is 6.30 Å². The molecule has 0 fully saturated rings. The molecule has 0 N–H and O–H groups in total. The largest absolute Gasteiger partial charge is 0.426 e. The van der Waals surface area contributed by atoms with Gasteiger partial charge in [-0.05, 0) is 12.1 Å². The molecular weight excluding hydrogens is 183 g/mol. The van der Waals surface area contributed by atoms with E-state index >= 15 is 0 Å². The second-order valence-electron chi connectivity index (χ2n) is 3.14. The summed E-state index contributed by atoms with van der Waals surface area (Å²) in [5.41, 5.74) is 0. The minimum Gasteiger partial charge on any atom is -0.426 e. The number of benzene rings is 1. The molecule has 0 saturated heterocycles. The van der Waals surface area contributed by atoms with E-state index in [9.17, 15) is 4.39 Å². The van der Waals surface area contributed by atoms with Crippen molar-refractivity contribution in [3.63, 3.8) is 0 Å². The molecule has 1 aliphatic rings. The van der Waals surface area contributed by atoms with Crippen LogP contribution in [0.1, 0.15) is 0 Å². The number of amidine groups is 1. The fourth-order valence-electron chi connectivity index (χ4n) is 1.26. The Hall–Kier alpha value is -1.58. The number of likely N-dealkylation sites (N-methyl/N-ethyl adjacent to an activating group) is 1. The normalized spacial score (nSPS) is 20.9. The topological polar surface area (TPSA) is 24.8 Å². The summed E-state index contributed by atoms with van der Waals surface area (Å²) in [7, 11) is 1.75. The van der Waals surface area contributed by atoms with Crippen LogP contribution >= 0.6 is 0 Å². The fourth-order valence-corrected chi connectivity index (χ4v) is 1.26. The predicted octanol–water partition coefficient (Wildman–Crippen LogP) is 1.66. The maximum atomic E-state index is 12.8. The number of nitrogens with zero attached hydrogens (tertiary/aromatic N) is 2. The van der Waals surface area contributed by atoms with E-state index in [-0.39, 0.29) is 6.54 Å². The average molecular weight is 194 g/mol. The summed E-state index contributed by atoms with van der Waals surface area (Å²) in [5, 5.41) is 0. The van der Waals surface area contributed by atoms with Gasteiger partial charge in [-0.2, -0.15) is 4.99 Å². The summed E-state index contributed by atoms with van der Waals surface area (Å²) in [6.07, 6.45) is -1.17. The minimum absolute atomic E-state index is 0.266. The van der Waals surface area contributed by atoms with Crippen LogP contribution < -0.4 is 4.74 Å². The lowest BCUT2D eigenvalue weighted by atomic mass is 10.3. The second kappa shape index (κ2) is 3.65. The van der Waals surface area contributed by atoms with Crippen LogP contribution in [-0.4, -0.2) is 30.8 Å². The fraction of sp³-hybridized carbons (Fsp3) is 0.300. The van der Waals surface area contributed by atoms with Gasteiger partial charge in [0.25, 0.3) is 6.02 Å². The number of hydrogen-bond donors (Lipinski definition) is 0. The van der Waals surface area contributed by atoms with E-state index in [0.29, 0.717) is 11.8 Å². The second-order valence-corrected chi connectivity index (χ2v) is 3.14. The van der Waals surface area contributed by atoms with E-state index in [0.717, 1.165) is 0 Å². The molecule has 0 aliphatic carbocycles. The van der Waals surface area contributed by atoms with Crippen molar-refractivity contribution in [2.75, 3.05) is 13.6 Å². The van der Waals surface area contributed by atoms with Crippen LogP contribution in [-0.2, 0) is 0 Å². The smallest absolute Gasteiger partial charge is 0.295 e. The molecule has 1 aromatic carbocycles. The number of hydrogen-bond acceptors (Lipinski definition) is 3. The Bertz CT molecular complexity index is 339. The molecule has 0 spiro atoms. The Kier molecular flexibility index (Phi) is 2.35. The first-order chi connectivity index (χ1) is 6.75. The number of halogens is 1. The summed E-state index contributed by atoms with van der Waals surface area (Å²) in [4.78, 5) is 5.37. The zero-order valence-corrected chi connectivity index (χ0v) is 7.85. The molecule has 1 atom stereocenters. The highest BCUT2D eigenvalue weighted by Gasteiger charge is 2.22. The van der Waals surface area contributed by atoms with E-state index in [1.807, 2.05) is 30.3 Å². The van der Waals surface area contributed by atoms with Gasteiger partial charge in [-0.15, -0.1) is 0 Å². The van der Waals surface area contributed by atoms with E-state index < -0.39 is 6.30 Å². The number of ether oxygens (including phenoxy) is 1. The van der Waals surface area contributed by atoms with Crippen molar-refractivity contribution >= 4 is 6.02 Å². The van der Waals surface area contributed by atoms with Crippen LogP contribution in [0, 0.1) is 0 Å². The lowest BCUT2D eigenvalue weighted by Crippen LogP contribution is -2.27. The maximum absolute atomic E-state index is 12.8. The highest BCUT2D eigenvalue weighted by atomic mass is 19.1. The van der Waals surface area contributed by atoms with Gasteiger partial charge in [0.2, 0.25) is 6.30 Å². The molecule has 14 heavy (non-hydrogen) atoms. The van der Waals surface area contributed by atoms with Crippen LogP contribution in [0.2, 0.25) is 0 Å². The van der Waals surface area contributed by atoms with Gasteiger partial charge < -0.3 is 9.64 Å². The third-order valence-electron chi connectivity index (χ3n) is 1.95. The molecule has 1 unspecified atom stereocenters. The van der Waals surface area contributed by atoms with Crippen molar-refractivity contribution in [1.29, 1.82) is 0 Å². The van der Waals surface area contributed by atoms with Crippen molar-refractivity contribution in [1.82, 2.24) is 4.90 Å². The van der Waals surface area contributed by atoms with Gasteiger partial charge >= 0.3 is 0 Å². The van der Waals surface area contributed by atoms with Crippen LogP contribution in [0.3, 0.4) is 0 Å². The first kappa shape index (κ1) is 8.99. The lowest BCUT2D eigenvalue weighted by Gasteiger charge is -2.13. The first-order valence-corrected chi connectivity index (χ1v) is 4.41. The van der Waals surface area contributed by atoms with Gasteiger partial charge in [-0.3, -0.25) is 0 Å². The van der Waals surface area contributed by atoms with Gasteiger partial charge in [-0.25, -0.2) is 4.39 Å². The number of aliphatic imine (C=N–C) groups is 1. The average Bonchev–Trinajstić information content (AvgIpc) is 2.47. The van der Waals surface area contributed by atoms with Gasteiger partial charge in [0.1, 0.15) is 5.75 Å². The quantitative estimate of drug-likeness (QED) is 0.635. The SMILES string of the molecule is CN1CC(F)N=C1Oc1ccccc1. The number of alkyl halides is 1. The first-order valence-electron chi connectivity index (χ1n) is 4.41. The summed E-state index contributed by atoms with van der Waals surface area (Å²) >= 11 is 0. The molecule has 3 nitrogen and oxygen atoms in total. The summed E-state index contributed by atoms with van der Waals surface area (Å²) in [6, 6.07) is 9.56. The molecule has 74 valence electrons. The third kappa shape index (κ3) is 1.84. The highest BCUT2D eigenvalue weighted by molar-refractivity contribution is 5.77. The van der Waals surface area contributed by atoms with Crippen LogP contribution in [0.15, 0.2) is 35.3 Å². The molecule has 0 saturated carbocycles. The van der Waals surface area contributed by atoms with E-state index in [1.54, 1.807) is 11.9 Å².